The molecule has 0 aliphatic carbocycles. The number of rotatable bonds is 6. The standard InChI is InChI=1S/C24H21N3O4/c1-24(2,27-22(28)15-14-19(26-27)20-13-8-16-30-20)23(29)25-18-11-6-7-12-21(18)31-17-9-4-3-5-10-17/h3-16H,1-2H3,(H,25,29). The lowest BCUT2D eigenvalue weighted by molar-refractivity contribution is -0.123. The Bertz CT molecular complexity index is 1250. The van der Waals surface area contributed by atoms with E-state index in [0.29, 0.717) is 28.6 Å². The highest BCUT2D eigenvalue weighted by Crippen LogP contribution is 2.30. The zero-order valence-electron chi connectivity index (χ0n) is 17.1. The molecular formula is C24H21N3O4. The van der Waals surface area contributed by atoms with E-state index in [1.54, 1.807) is 50.2 Å². The monoisotopic (exact) mass is 415 g/mol. The van der Waals surface area contributed by atoms with Gasteiger partial charge in [-0.25, -0.2) is 4.68 Å². The first-order chi connectivity index (χ1) is 14.9. The molecular weight excluding hydrogens is 394 g/mol. The Morgan fingerprint density at radius 3 is 2.45 bits per heavy atom. The van der Waals surface area contributed by atoms with Crippen molar-refractivity contribution >= 4 is 11.6 Å². The Balaban J connectivity index is 1.62. The molecule has 0 unspecified atom stereocenters. The molecule has 7 heteroatoms. The molecule has 1 amide bonds. The van der Waals surface area contributed by atoms with Crippen LogP contribution >= 0.6 is 0 Å². The highest BCUT2D eigenvalue weighted by Gasteiger charge is 2.33. The topological polar surface area (TPSA) is 86.4 Å². The minimum atomic E-state index is -1.28. The Labute approximate surface area is 178 Å². The van der Waals surface area contributed by atoms with Gasteiger partial charge in [-0.1, -0.05) is 30.3 Å². The Kier molecular flexibility index (Phi) is 5.41. The van der Waals surface area contributed by atoms with Crippen molar-refractivity contribution in [1.29, 1.82) is 0 Å². The Morgan fingerprint density at radius 2 is 1.71 bits per heavy atom. The summed E-state index contributed by atoms with van der Waals surface area (Å²) in [5, 5.41) is 7.22. The first-order valence-corrected chi connectivity index (χ1v) is 9.73. The average Bonchev–Trinajstić information content (AvgIpc) is 3.31. The van der Waals surface area contributed by atoms with Crippen molar-refractivity contribution in [1.82, 2.24) is 9.78 Å². The van der Waals surface area contributed by atoms with Gasteiger partial charge in [-0.05, 0) is 56.3 Å². The van der Waals surface area contributed by atoms with E-state index in [0.717, 1.165) is 4.68 Å². The van der Waals surface area contributed by atoms with Crippen LogP contribution in [0.3, 0.4) is 0 Å². The second-order valence-corrected chi connectivity index (χ2v) is 7.37. The predicted octanol–water partition coefficient (Wildman–Crippen LogP) is 4.67. The van der Waals surface area contributed by atoms with Crippen molar-refractivity contribution in [3.63, 3.8) is 0 Å². The van der Waals surface area contributed by atoms with Gasteiger partial charge >= 0.3 is 0 Å². The third-order valence-corrected chi connectivity index (χ3v) is 4.77. The van der Waals surface area contributed by atoms with Crippen LogP contribution in [0.4, 0.5) is 5.69 Å². The van der Waals surface area contributed by atoms with E-state index in [1.165, 1.54) is 12.3 Å². The summed E-state index contributed by atoms with van der Waals surface area (Å²) in [5.74, 6) is 1.23. The number of carbonyl (C=O) groups excluding carboxylic acids is 1. The number of benzene rings is 2. The lowest BCUT2D eigenvalue weighted by Gasteiger charge is -2.25. The van der Waals surface area contributed by atoms with E-state index in [4.69, 9.17) is 9.15 Å². The third kappa shape index (κ3) is 4.25. The van der Waals surface area contributed by atoms with E-state index in [-0.39, 0.29) is 0 Å². The number of hydrogen-bond acceptors (Lipinski definition) is 5. The van der Waals surface area contributed by atoms with Crippen LogP contribution in [0.2, 0.25) is 0 Å². The van der Waals surface area contributed by atoms with Crippen molar-refractivity contribution in [3.8, 4) is 23.0 Å². The number of aromatic nitrogens is 2. The molecule has 7 nitrogen and oxygen atoms in total. The predicted molar refractivity (Wildman–Crippen MR) is 117 cm³/mol. The summed E-state index contributed by atoms with van der Waals surface area (Å²) < 4.78 is 12.4. The molecule has 0 radical (unpaired) electrons. The molecule has 1 N–H and O–H groups in total. The minimum absolute atomic E-state index is 0.399. The number of carbonyl (C=O) groups is 1. The van der Waals surface area contributed by atoms with Crippen molar-refractivity contribution in [2.75, 3.05) is 5.32 Å². The maximum absolute atomic E-state index is 13.2. The van der Waals surface area contributed by atoms with Gasteiger partial charge in [0.25, 0.3) is 11.5 Å². The molecule has 2 aromatic heterocycles. The van der Waals surface area contributed by atoms with Gasteiger partial charge in [-0.2, -0.15) is 5.10 Å². The van der Waals surface area contributed by atoms with Crippen LogP contribution in [0.25, 0.3) is 11.5 Å². The zero-order chi connectivity index (χ0) is 21.8. The van der Waals surface area contributed by atoms with Crippen LogP contribution in [0, 0.1) is 0 Å². The molecule has 31 heavy (non-hydrogen) atoms. The molecule has 0 saturated heterocycles. The first-order valence-electron chi connectivity index (χ1n) is 9.73. The molecule has 0 aliphatic rings. The van der Waals surface area contributed by atoms with Crippen molar-refractivity contribution in [3.05, 3.63) is 95.5 Å². The lowest BCUT2D eigenvalue weighted by atomic mass is 10.0. The normalized spacial score (nSPS) is 11.2. The number of amides is 1. The van der Waals surface area contributed by atoms with Crippen LogP contribution in [0.1, 0.15) is 13.8 Å². The summed E-state index contributed by atoms with van der Waals surface area (Å²) in [6.45, 7) is 3.26. The second-order valence-electron chi connectivity index (χ2n) is 7.37. The van der Waals surface area contributed by atoms with E-state index >= 15 is 0 Å². The maximum atomic E-state index is 13.2. The van der Waals surface area contributed by atoms with Crippen LogP contribution in [-0.2, 0) is 10.3 Å². The van der Waals surface area contributed by atoms with E-state index in [1.807, 2.05) is 36.4 Å². The number of furan rings is 1. The van der Waals surface area contributed by atoms with Gasteiger partial charge in [0.1, 0.15) is 17.0 Å². The van der Waals surface area contributed by atoms with Gasteiger partial charge in [0.15, 0.2) is 11.5 Å². The first kappa shape index (κ1) is 20.2. The number of anilines is 1. The summed E-state index contributed by atoms with van der Waals surface area (Å²) in [7, 11) is 0. The van der Waals surface area contributed by atoms with Crippen molar-refractivity contribution < 1.29 is 13.9 Å². The van der Waals surface area contributed by atoms with Gasteiger partial charge in [0.2, 0.25) is 0 Å². The zero-order valence-corrected chi connectivity index (χ0v) is 17.1. The molecule has 0 fully saturated rings. The summed E-state index contributed by atoms with van der Waals surface area (Å²) in [4.78, 5) is 25.7. The highest BCUT2D eigenvalue weighted by atomic mass is 16.5. The van der Waals surface area contributed by atoms with Gasteiger partial charge in [0.05, 0.1) is 12.0 Å². The van der Waals surface area contributed by atoms with Crippen molar-refractivity contribution in [2.24, 2.45) is 0 Å². The lowest BCUT2D eigenvalue weighted by Crippen LogP contribution is -2.47. The summed E-state index contributed by atoms with van der Waals surface area (Å²) in [6, 6.07) is 22.8. The number of nitrogens with one attached hydrogen (secondary N) is 1. The summed E-state index contributed by atoms with van der Waals surface area (Å²) >= 11 is 0. The molecule has 4 aromatic rings. The number of ether oxygens (including phenoxy) is 1. The fraction of sp³-hybridized carbons (Fsp3) is 0.125. The van der Waals surface area contributed by atoms with Crippen LogP contribution in [-0.4, -0.2) is 15.7 Å². The molecule has 2 aromatic carbocycles. The maximum Gasteiger partial charge on any atom is 0.267 e. The molecule has 0 bridgehead atoms. The largest absolute Gasteiger partial charge is 0.463 e. The molecule has 0 atom stereocenters. The minimum Gasteiger partial charge on any atom is -0.463 e. The molecule has 156 valence electrons. The fourth-order valence-electron chi connectivity index (χ4n) is 3.01. The van der Waals surface area contributed by atoms with Gasteiger partial charge in [-0.15, -0.1) is 0 Å². The SMILES string of the molecule is CC(C)(C(=O)Nc1ccccc1Oc1ccccc1)n1nc(-c2ccco2)ccc1=O. The smallest absolute Gasteiger partial charge is 0.267 e. The van der Waals surface area contributed by atoms with E-state index < -0.39 is 17.0 Å². The summed E-state index contributed by atoms with van der Waals surface area (Å²) in [6.07, 6.45) is 1.52. The molecule has 0 spiro atoms. The number of nitrogens with zero attached hydrogens (tertiary/aromatic N) is 2. The van der Waals surface area contributed by atoms with Crippen LogP contribution in [0.15, 0.2) is 94.3 Å². The van der Waals surface area contributed by atoms with E-state index in [2.05, 4.69) is 10.4 Å². The average molecular weight is 415 g/mol. The van der Waals surface area contributed by atoms with Gasteiger partial charge in [0, 0.05) is 6.07 Å². The summed E-state index contributed by atoms with van der Waals surface area (Å²) in [5.41, 5.74) is -0.734. The van der Waals surface area contributed by atoms with Crippen LogP contribution < -0.4 is 15.6 Å². The fourth-order valence-corrected chi connectivity index (χ4v) is 3.01. The number of para-hydroxylation sites is 3. The van der Waals surface area contributed by atoms with Gasteiger partial charge < -0.3 is 14.5 Å². The molecule has 4 rings (SSSR count). The van der Waals surface area contributed by atoms with E-state index in [9.17, 15) is 9.59 Å². The van der Waals surface area contributed by atoms with Crippen molar-refractivity contribution in [2.45, 2.75) is 19.4 Å². The van der Waals surface area contributed by atoms with Crippen LogP contribution in [0.5, 0.6) is 11.5 Å². The Morgan fingerprint density at radius 1 is 0.968 bits per heavy atom. The van der Waals surface area contributed by atoms with Gasteiger partial charge in [-0.3, -0.25) is 9.59 Å². The highest BCUT2D eigenvalue weighted by molar-refractivity contribution is 5.97. The molecule has 2 heterocycles. The second kappa shape index (κ2) is 8.31. The Hall–Kier alpha value is -4.13. The number of hydrogen-bond donors (Lipinski definition) is 1. The molecule has 0 saturated carbocycles. The molecule has 0 aliphatic heterocycles. The quantitative estimate of drug-likeness (QED) is 0.495. The third-order valence-electron chi connectivity index (χ3n) is 4.77.